The molecule has 5 nitrogen and oxygen atoms in total. The summed E-state index contributed by atoms with van der Waals surface area (Å²) in [6.07, 6.45) is 1.89. The van der Waals surface area contributed by atoms with E-state index in [2.05, 4.69) is 5.32 Å². The molecular formula is C13H23N3O2. The lowest BCUT2D eigenvalue weighted by Gasteiger charge is -2.37. The van der Waals surface area contributed by atoms with Gasteiger partial charge in [-0.2, -0.15) is 5.06 Å². The molecule has 1 saturated heterocycles. The molecule has 0 aromatic carbocycles. The van der Waals surface area contributed by atoms with Gasteiger partial charge >= 0.3 is 0 Å². The van der Waals surface area contributed by atoms with Crippen LogP contribution in [0.5, 0.6) is 0 Å². The molecule has 2 rings (SSSR count). The number of hydrogen-bond acceptors (Lipinski definition) is 4. The third kappa shape index (κ3) is 2.06. The largest absolute Gasteiger partial charge is 0.336 e. The minimum atomic E-state index is -0.633. The van der Waals surface area contributed by atoms with E-state index in [9.17, 15) is 10.0 Å². The number of amides is 1. The maximum absolute atomic E-state index is 12.5. The van der Waals surface area contributed by atoms with Gasteiger partial charge in [0.15, 0.2) is 0 Å². The fourth-order valence-electron chi connectivity index (χ4n) is 2.79. The molecule has 0 bridgehead atoms. The number of carbonyl (C=O) groups excluding carboxylic acids is 1. The monoisotopic (exact) mass is 253 g/mol. The van der Waals surface area contributed by atoms with Crippen molar-refractivity contribution >= 4 is 5.91 Å². The Hall–Kier alpha value is -0.910. The summed E-state index contributed by atoms with van der Waals surface area (Å²) in [7, 11) is 0. The van der Waals surface area contributed by atoms with Crippen molar-refractivity contribution in [2.45, 2.75) is 38.8 Å². The number of nitrogens with zero attached hydrogens (tertiary/aromatic N) is 2. The van der Waals surface area contributed by atoms with Crippen molar-refractivity contribution in [3.8, 4) is 0 Å². The first-order valence-electron chi connectivity index (χ1n) is 6.49. The van der Waals surface area contributed by atoms with E-state index in [1.807, 2.05) is 38.7 Å². The Kier molecular flexibility index (Phi) is 3.25. The molecule has 18 heavy (non-hydrogen) atoms. The van der Waals surface area contributed by atoms with Gasteiger partial charge in [0.05, 0.1) is 11.1 Å². The van der Waals surface area contributed by atoms with E-state index >= 15 is 0 Å². The molecular weight excluding hydrogens is 230 g/mol. The molecule has 0 aromatic rings. The second-order valence-corrected chi connectivity index (χ2v) is 6.12. The smallest absolute Gasteiger partial charge is 0.251 e. The zero-order chi connectivity index (χ0) is 13.6. The van der Waals surface area contributed by atoms with Crippen LogP contribution >= 0.6 is 0 Å². The van der Waals surface area contributed by atoms with Gasteiger partial charge in [-0.15, -0.1) is 0 Å². The summed E-state index contributed by atoms with van der Waals surface area (Å²) in [6.45, 7) is 10.7. The summed E-state index contributed by atoms with van der Waals surface area (Å²) < 4.78 is 0. The van der Waals surface area contributed by atoms with Gasteiger partial charge in [0.1, 0.15) is 0 Å². The maximum atomic E-state index is 12.5. The van der Waals surface area contributed by atoms with Crippen LogP contribution in [0.4, 0.5) is 0 Å². The minimum absolute atomic E-state index is 0.0473. The van der Waals surface area contributed by atoms with Crippen LogP contribution in [-0.4, -0.2) is 58.3 Å². The molecule has 0 aliphatic carbocycles. The summed E-state index contributed by atoms with van der Waals surface area (Å²) in [6, 6.07) is 0. The molecule has 0 spiro atoms. The Morgan fingerprint density at radius 3 is 2.28 bits per heavy atom. The van der Waals surface area contributed by atoms with E-state index in [0.29, 0.717) is 5.57 Å². The van der Waals surface area contributed by atoms with Crippen molar-refractivity contribution in [3.05, 3.63) is 11.6 Å². The summed E-state index contributed by atoms with van der Waals surface area (Å²) in [5.41, 5.74) is -0.439. The zero-order valence-electron chi connectivity index (χ0n) is 11.7. The highest BCUT2D eigenvalue weighted by atomic mass is 16.5. The van der Waals surface area contributed by atoms with Crippen LogP contribution in [0.1, 0.15) is 27.7 Å². The Balaban J connectivity index is 2.24. The Morgan fingerprint density at radius 1 is 1.28 bits per heavy atom. The topological polar surface area (TPSA) is 55.8 Å². The van der Waals surface area contributed by atoms with Gasteiger partial charge in [0, 0.05) is 31.8 Å². The fraction of sp³-hybridized carbons (Fsp3) is 0.769. The molecule has 1 fully saturated rings. The standard InChI is InChI=1S/C13H23N3O2/c1-12(2)9-10(13(3,4)16(12)18)11(17)15-7-5-14-6-8-15/h9,14,18H,5-8H2,1-4H3. The van der Waals surface area contributed by atoms with Crippen LogP contribution < -0.4 is 5.32 Å². The third-order valence-corrected chi connectivity index (χ3v) is 3.87. The van der Waals surface area contributed by atoms with Crippen LogP contribution in [0, 0.1) is 0 Å². The summed E-state index contributed by atoms with van der Waals surface area (Å²) in [5.74, 6) is 0.0473. The molecule has 0 saturated carbocycles. The summed E-state index contributed by atoms with van der Waals surface area (Å²) in [5, 5.41) is 14.7. The highest BCUT2D eigenvalue weighted by Gasteiger charge is 2.48. The van der Waals surface area contributed by atoms with Crippen LogP contribution in [0.15, 0.2) is 11.6 Å². The van der Waals surface area contributed by atoms with Gasteiger partial charge in [0.2, 0.25) is 0 Å². The second-order valence-electron chi connectivity index (χ2n) is 6.12. The summed E-state index contributed by atoms with van der Waals surface area (Å²) >= 11 is 0. The maximum Gasteiger partial charge on any atom is 0.251 e. The Labute approximate surface area is 108 Å². The van der Waals surface area contributed by atoms with Crippen molar-refractivity contribution in [1.82, 2.24) is 15.3 Å². The van der Waals surface area contributed by atoms with E-state index in [1.165, 1.54) is 5.06 Å². The molecule has 2 aliphatic heterocycles. The number of piperazine rings is 1. The van der Waals surface area contributed by atoms with Gasteiger partial charge < -0.3 is 15.4 Å². The van der Waals surface area contributed by atoms with Crippen molar-refractivity contribution in [1.29, 1.82) is 0 Å². The Morgan fingerprint density at radius 2 is 1.83 bits per heavy atom. The van der Waals surface area contributed by atoms with Gasteiger partial charge in [-0.1, -0.05) is 6.08 Å². The predicted octanol–water partition coefficient (Wildman–Crippen LogP) is 0.607. The Bertz CT molecular complexity index is 382. The first kappa shape index (κ1) is 13.5. The van der Waals surface area contributed by atoms with Crippen LogP contribution in [-0.2, 0) is 4.79 Å². The molecule has 5 heteroatoms. The van der Waals surface area contributed by atoms with Crippen molar-refractivity contribution in [2.24, 2.45) is 0 Å². The first-order chi connectivity index (χ1) is 8.27. The van der Waals surface area contributed by atoms with Gasteiger partial charge in [-0.05, 0) is 27.7 Å². The average Bonchev–Trinajstić information content (AvgIpc) is 2.50. The number of rotatable bonds is 1. The molecule has 2 heterocycles. The molecule has 2 aliphatic rings. The molecule has 0 aromatic heterocycles. The molecule has 1 amide bonds. The van der Waals surface area contributed by atoms with Gasteiger partial charge in [-0.25, -0.2) is 0 Å². The van der Waals surface area contributed by atoms with Gasteiger partial charge in [0.25, 0.3) is 5.91 Å². The summed E-state index contributed by atoms with van der Waals surface area (Å²) in [4.78, 5) is 14.4. The van der Waals surface area contributed by atoms with Crippen molar-refractivity contribution in [3.63, 3.8) is 0 Å². The lowest BCUT2D eigenvalue weighted by molar-refractivity contribution is -0.186. The molecule has 0 radical (unpaired) electrons. The van der Waals surface area contributed by atoms with Crippen LogP contribution in [0.25, 0.3) is 0 Å². The lowest BCUT2D eigenvalue weighted by atomic mass is 9.95. The van der Waals surface area contributed by atoms with E-state index in [-0.39, 0.29) is 5.91 Å². The van der Waals surface area contributed by atoms with Crippen molar-refractivity contribution < 1.29 is 10.0 Å². The van der Waals surface area contributed by atoms with E-state index in [1.54, 1.807) is 0 Å². The number of hydrogen-bond donors (Lipinski definition) is 2. The van der Waals surface area contributed by atoms with Crippen molar-refractivity contribution in [2.75, 3.05) is 26.2 Å². The zero-order valence-corrected chi connectivity index (χ0v) is 11.7. The first-order valence-corrected chi connectivity index (χ1v) is 6.49. The number of hydroxylamine groups is 2. The SMILES string of the molecule is CC1(C)C=C(C(=O)N2CCNCC2)C(C)(C)N1O. The molecule has 0 atom stereocenters. The minimum Gasteiger partial charge on any atom is -0.336 e. The average molecular weight is 253 g/mol. The van der Waals surface area contributed by atoms with E-state index in [0.717, 1.165) is 26.2 Å². The lowest BCUT2D eigenvalue weighted by Crippen LogP contribution is -2.52. The quantitative estimate of drug-likeness (QED) is 0.719. The molecule has 0 unspecified atom stereocenters. The van der Waals surface area contributed by atoms with Crippen LogP contribution in [0.3, 0.4) is 0 Å². The number of carbonyl (C=O) groups is 1. The normalized spacial score (nSPS) is 27.2. The predicted molar refractivity (Wildman–Crippen MR) is 69.3 cm³/mol. The number of nitrogens with one attached hydrogen (secondary N) is 1. The highest BCUT2D eigenvalue weighted by molar-refractivity contribution is 5.96. The fourth-order valence-corrected chi connectivity index (χ4v) is 2.79. The third-order valence-electron chi connectivity index (χ3n) is 3.87. The molecule has 2 N–H and O–H groups in total. The highest BCUT2D eigenvalue weighted by Crippen LogP contribution is 2.38. The molecule has 102 valence electrons. The second kappa shape index (κ2) is 4.33. The van der Waals surface area contributed by atoms with E-state index < -0.39 is 11.1 Å². The van der Waals surface area contributed by atoms with Gasteiger partial charge in [-0.3, -0.25) is 4.79 Å². The van der Waals surface area contributed by atoms with Crippen LogP contribution in [0.2, 0.25) is 0 Å². The van der Waals surface area contributed by atoms with E-state index in [4.69, 9.17) is 0 Å².